The molecular formula is C23H21N3O. The number of benzene rings is 3. The quantitative estimate of drug-likeness (QED) is 0.539. The first-order valence-corrected chi connectivity index (χ1v) is 9.00. The van der Waals surface area contributed by atoms with Crippen LogP contribution in [0.3, 0.4) is 0 Å². The number of para-hydroxylation sites is 3. The molecule has 0 unspecified atom stereocenters. The minimum Gasteiger partial charge on any atom is -0.338 e. The van der Waals surface area contributed by atoms with Crippen LogP contribution in [-0.4, -0.2) is 15.9 Å². The van der Waals surface area contributed by atoms with Crippen LogP contribution >= 0.6 is 0 Å². The Bertz CT molecular complexity index is 1090. The zero-order valence-corrected chi connectivity index (χ0v) is 15.4. The van der Waals surface area contributed by atoms with Gasteiger partial charge in [0, 0.05) is 5.56 Å². The van der Waals surface area contributed by atoms with E-state index in [0.717, 1.165) is 33.7 Å². The molecule has 0 saturated carbocycles. The number of nitrogens with one attached hydrogen (secondary N) is 2. The van der Waals surface area contributed by atoms with Gasteiger partial charge in [-0.1, -0.05) is 42.5 Å². The highest BCUT2D eigenvalue weighted by Gasteiger charge is 2.12. The molecule has 0 fully saturated rings. The van der Waals surface area contributed by atoms with Crippen molar-refractivity contribution < 1.29 is 4.79 Å². The normalized spacial score (nSPS) is 10.9. The number of rotatable bonds is 4. The zero-order chi connectivity index (χ0) is 18.8. The zero-order valence-electron chi connectivity index (χ0n) is 15.4. The Balaban J connectivity index is 1.59. The van der Waals surface area contributed by atoms with E-state index in [9.17, 15) is 4.79 Å². The van der Waals surface area contributed by atoms with Gasteiger partial charge >= 0.3 is 0 Å². The summed E-state index contributed by atoms with van der Waals surface area (Å²) in [5, 5.41) is 3.04. The second-order valence-electron chi connectivity index (χ2n) is 6.79. The lowest BCUT2D eigenvalue weighted by molar-refractivity contribution is -0.115. The van der Waals surface area contributed by atoms with Crippen LogP contribution < -0.4 is 5.32 Å². The predicted molar refractivity (Wildman–Crippen MR) is 110 cm³/mol. The topological polar surface area (TPSA) is 57.8 Å². The number of imidazole rings is 1. The maximum atomic E-state index is 12.6. The van der Waals surface area contributed by atoms with Gasteiger partial charge in [0.25, 0.3) is 0 Å². The average Bonchev–Trinajstić information content (AvgIpc) is 3.09. The molecule has 1 heterocycles. The molecule has 0 radical (unpaired) electrons. The third kappa shape index (κ3) is 3.60. The molecule has 1 amide bonds. The SMILES string of the molecule is Cc1ccc(CC(=O)Nc2ccccc2-c2nc3ccccc3[nH]2)cc1C. The highest BCUT2D eigenvalue weighted by molar-refractivity contribution is 5.96. The molecule has 0 atom stereocenters. The van der Waals surface area contributed by atoms with Gasteiger partial charge in [0.1, 0.15) is 5.82 Å². The fourth-order valence-electron chi connectivity index (χ4n) is 3.17. The summed E-state index contributed by atoms with van der Waals surface area (Å²) in [6.45, 7) is 4.14. The summed E-state index contributed by atoms with van der Waals surface area (Å²) in [6, 6.07) is 21.8. The van der Waals surface area contributed by atoms with Gasteiger partial charge in [-0.05, 0) is 54.8 Å². The molecule has 134 valence electrons. The van der Waals surface area contributed by atoms with Gasteiger partial charge in [0.15, 0.2) is 0 Å². The van der Waals surface area contributed by atoms with E-state index in [4.69, 9.17) is 0 Å². The molecule has 0 spiro atoms. The minimum atomic E-state index is -0.0400. The van der Waals surface area contributed by atoms with Crippen LogP contribution in [0.2, 0.25) is 0 Å². The lowest BCUT2D eigenvalue weighted by Gasteiger charge is -2.10. The third-order valence-electron chi connectivity index (χ3n) is 4.78. The number of H-pyrrole nitrogens is 1. The fourth-order valence-corrected chi connectivity index (χ4v) is 3.17. The number of carbonyl (C=O) groups is 1. The van der Waals surface area contributed by atoms with E-state index in [2.05, 4.69) is 41.3 Å². The van der Waals surface area contributed by atoms with Crippen molar-refractivity contribution in [2.45, 2.75) is 20.3 Å². The number of nitrogens with zero attached hydrogens (tertiary/aromatic N) is 1. The Morgan fingerprint density at radius 2 is 1.74 bits per heavy atom. The van der Waals surface area contributed by atoms with E-state index in [1.165, 1.54) is 11.1 Å². The first-order chi connectivity index (χ1) is 13.1. The number of fused-ring (bicyclic) bond motifs is 1. The first kappa shape index (κ1) is 17.0. The minimum absolute atomic E-state index is 0.0400. The van der Waals surface area contributed by atoms with Crippen LogP contribution in [0.15, 0.2) is 66.7 Å². The van der Waals surface area contributed by atoms with Crippen LogP contribution in [0, 0.1) is 13.8 Å². The van der Waals surface area contributed by atoms with Crippen LogP contribution in [0.25, 0.3) is 22.4 Å². The van der Waals surface area contributed by atoms with Crippen molar-refractivity contribution in [3.8, 4) is 11.4 Å². The van der Waals surface area contributed by atoms with Crippen LogP contribution in [0.5, 0.6) is 0 Å². The van der Waals surface area contributed by atoms with Crippen molar-refractivity contribution in [1.29, 1.82) is 0 Å². The Kier molecular flexibility index (Phi) is 4.47. The number of aryl methyl sites for hydroxylation is 2. The molecule has 4 heteroatoms. The predicted octanol–water partition coefficient (Wildman–Crippen LogP) is 5.03. The maximum Gasteiger partial charge on any atom is 0.228 e. The van der Waals surface area contributed by atoms with Crippen molar-refractivity contribution in [2.75, 3.05) is 5.32 Å². The molecule has 0 aliphatic carbocycles. The lowest BCUT2D eigenvalue weighted by atomic mass is 10.0. The van der Waals surface area contributed by atoms with Gasteiger partial charge in [0.05, 0.1) is 23.1 Å². The van der Waals surface area contributed by atoms with Gasteiger partial charge in [0.2, 0.25) is 5.91 Å². The Morgan fingerprint density at radius 1 is 0.963 bits per heavy atom. The van der Waals surface area contributed by atoms with Gasteiger partial charge in [-0.25, -0.2) is 4.98 Å². The number of carbonyl (C=O) groups excluding carboxylic acids is 1. The molecule has 0 aliphatic rings. The van der Waals surface area contributed by atoms with Gasteiger partial charge in [-0.15, -0.1) is 0 Å². The summed E-state index contributed by atoms with van der Waals surface area (Å²) in [7, 11) is 0. The van der Waals surface area contributed by atoms with E-state index in [1.807, 2.05) is 54.6 Å². The summed E-state index contributed by atoms with van der Waals surface area (Å²) in [6.07, 6.45) is 0.343. The van der Waals surface area contributed by atoms with Crippen molar-refractivity contribution in [2.24, 2.45) is 0 Å². The number of amides is 1. The van der Waals surface area contributed by atoms with Gasteiger partial charge in [-0.3, -0.25) is 4.79 Å². The largest absolute Gasteiger partial charge is 0.338 e. The smallest absolute Gasteiger partial charge is 0.228 e. The maximum absolute atomic E-state index is 12.6. The summed E-state index contributed by atoms with van der Waals surface area (Å²) in [5.41, 5.74) is 6.95. The first-order valence-electron chi connectivity index (χ1n) is 9.00. The molecule has 27 heavy (non-hydrogen) atoms. The summed E-state index contributed by atoms with van der Waals surface area (Å²) in [5.74, 6) is 0.708. The standard InChI is InChI=1S/C23H21N3O/c1-15-11-12-17(13-16(15)2)14-22(27)24-19-8-4-3-7-18(19)23-25-20-9-5-6-10-21(20)26-23/h3-13H,14H2,1-2H3,(H,24,27)(H,25,26). The number of hydrogen-bond acceptors (Lipinski definition) is 2. The van der Waals surface area contributed by atoms with Gasteiger partial charge in [-0.2, -0.15) is 0 Å². The Labute approximate surface area is 158 Å². The number of aromatic amines is 1. The average molecular weight is 355 g/mol. The highest BCUT2D eigenvalue weighted by Crippen LogP contribution is 2.27. The fraction of sp³-hybridized carbons (Fsp3) is 0.130. The van der Waals surface area contributed by atoms with Gasteiger partial charge < -0.3 is 10.3 Å². The molecule has 4 rings (SSSR count). The summed E-state index contributed by atoms with van der Waals surface area (Å²) >= 11 is 0. The number of hydrogen-bond donors (Lipinski definition) is 2. The van der Waals surface area contributed by atoms with E-state index < -0.39 is 0 Å². The second-order valence-corrected chi connectivity index (χ2v) is 6.79. The Morgan fingerprint density at radius 3 is 2.56 bits per heavy atom. The highest BCUT2D eigenvalue weighted by atomic mass is 16.1. The summed E-state index contributed by atoms with van der Waals surface area (Å²) < 4.78 is 0. The van der Waals surface area contributed by atoms with Crippen molar-refractivity contribution in [3.63, 3.8) is 0 Å². The molecule has 0 saturated heterocycles. The van der Waals surface area contributed by atoms with E-state index in [1.54, 1.807) is 0 Å². The molecule has 4 aromatic rings. The number of anilines is 1. The number of aromatic nitrogens is 2. The second kappa shape index (κ2) is 7.08. The van der Waals surface area contributed by atoms with Crippen molar-refractivity contribution >= 4 is 22.6 Å². The third-order valence-corrected chi connectivity index (χ3v) is 4.78. The lowest BCUT2D eigenvalue weighted by Crippen LogP contribution is -2.15. The van der Waals surface area contributed by atoms with E-state index in [0.29, 0.717) is 6.42 Å². The monoisotopic (exact) mass is 355 g/mol. The molecule has 3 aromatic carbocycles. The molecule has 0 bridgehead atoms. The molecular weight excluding hydrogens is 334 g/mol. The van der Waals surface area contributed by atoms with Crippen LogP contribution in [0.4, 0.5) is 5.69 Å². The van der Waals surface area contributed by atoms with Crippen LogP contribution in [0.1, 0.15) is 16.7 Å². The van der Waals surface area contributed by atoms with E-state index >= 15 is 0 Å². The summed E-state index contributed by atoms with van der Waals surface area (Å²) in [4.78, 5) is 20.6. The van der Waals surface area contributed by atoms with Crippen molar-refractivity contribution in [1.82, 2.24) is 9.97 Å². The Hall–Kier alpha value is -3.40. The molecule has 0 aliphatic heterocycles. The molecule has 4 nitrogen and oxygen atoms in total. The van der Waals surface area contributed by atoms with Crippen molar-refractivity contribution in [3.05, 3.63) is 83.4 Å². The van der Waals surface area contributed by atoms with Crippen LogP contribution in [-0.2, 0) is 11.2 Å². The van der Waals surface area contributed by atoms with E-state index in [-0.39, 0.29) is 5.91 Å². The molecule has 1 aromatic heterocycles. The molecule has 2 N–H and O–H groups in total.